The lowest BCUT2D eigenvalue weighted by Crippen LogP contribution is -2.35. The van der Waals surface area contributed by atoms with E-state index in [9.17, 15) is 14.0 Å². The summed E-state index contributed by atoms with van der Waals surface area (Å²) in [4.78, 5) is 28.6. The monoisotopic (exact) mass is 364 g/mol. The molecule has 26 heavy (non-hydrogen) atoms. The molecule has 0 aliphatic carbocycles. The summed E-state index contributed by atoms with van der Waals surface area (Å²) >= 11 is 0. The van der Waals surface area contributed by atoms with E-state index >= 15 is 0 Å². The highest BCUT2D eigenvalue weighted by molar-refractivity contribution is 5.79. The standard InChI is InChI=1S/C19H25FN2O4/c1-19(2,3)26-18(24)22-11-15(16(20)12-22)9-10-21-17(23)25-13-14-7-5-4-6-8-14/h4-8,10,15-16H,9,11-13H2,1-3H3. The summed E-state index contributed by atoms with van der Waals surface area (Å²) in [6, 6.07) is 9.26. The van der Waals surface area contributed by atoms with E-state index in [1.54, 1.807) is 20.8 Å². The molecule has 0 spiro atoms. The molecule has 7 heteroatoms. The number of benzene rings is 1. The summed E-state index contributed by atoms with van der Waals surface area (Å²) in [5.41, 5.74) is 0.244. The zero-order valence-electron chi connectivity index (χ0n) is 15.4. The quantitative estimate of drug-likeness (QED) is 0.758. The Kier molecular flexibility index (Phi) is 6.71. The normalized spacial score (nSPS) is 20.4. The highest BCUT2D eigenvalue weighted by Crippen LogP contribution is 2.24. The van der Waals surface area contributed by atoms with E-state index in [-0.39, 0.29) is 26.1 Å². The maximum absolute atomic E-state index is 14.1. The third-order valence-electron chi connectivity index (χ3n) is 3.82. The molecule has 0 aromatic heterocycles. The Bertz CT molecular complexity index is 643. The van der Waals surface area contributed by atoms with Crippen LogP contribution in [0.25, 0.3) is 0 Å². The van der Waals surface area contributed by atoms with E-state index in [4.69, 9.17) is 9.47 Å². The number of ether oxygens (including phenoxy) is 2. The van der Waals surface area contributed by atoms with Crippen LogP contribution >= 0.6 is 0 Å². The van der Waals surface area contributed by atoms with Crippen molar-refractivity contribution >= 4 is 18.4 Å². The average molecular weight is 364 g/mol. The van der Waals surface area contributed by atoms with Crippen molar-refractivity contribution in [2.75, 3.05) is 13.1 Å². The molecule has 6 nitrogen and oxygen atoms in total. The smallest absolute Gasteiger partial charge is 0.433 e. The van der Waals surface area contributed by atoms with Crippen molar-refractivity contribution in [3.8, 4) is 0 Å². The fraction of sp³-hybridized carbons (Fsp3) is 0.526. The van der Waals surface area contributed by atoms with Crippen LogP contribution in [0.15, 0.2) is 35.3 Å². The van der Waals surface area contributed by atoms with Crippen LogP contribution in [-0.2, 0) is 16.1 Å². The fourth-order valence-corrected chi connectivity index (χ4v) is 2.55. The first kappa shape index (κ1) is 19.9. The predicted octanol–water partition coefficient (Wildman–Crippen LogP) is 3.99. The van der Waals surface area contributed by atoms with E-state index in [0.717, 1.165) is 5.56 Å². The molecule has 1 saturated heterocycles. The second-order valence-electron chi connectivity index (χ2n) is 7.25. The molecule has 0 bridgehead atoms. The molecule has 2 amide bonds. The summed E-state index contributed by atoms with van der Waals surface area (Å²) in [6.07, 6.45) is -0.813. The number of likely N-dealkylation sites (tertiary alicyclic amines) is 1. The Morgan fingerprint density at radius 1 is 1.27 bits per heavy atom. The number of hydrogen-bond donors (Lipinski definition) is 0. The molecule has 0 N–H and O–H groups in total. The Morgan fingerprint density at radius 2 is 1.96 bits per heavy atom. The molecular weight excluding hydrogens is 339 g/mol. The SMILES string of the molecule is CC(C)(C)OC(=O)N1CC(F)C(CC=NC(=O)OCc2ccccc2)C1. The van der Waals surface area contributed by atoms with Gasteiger partial charge in [0.25, 0.3) is 0 Å². The Balaban J connectivity index is 1.75. The zero-order valence-corrected chi connectivity index (χ0v) is 15.4. The molecule has 2 atom stereocenters. The Labute approximate surface area is 153 Å². The minimum absolute atomic E-state index is 0.00806. The highest BCUT2D eigenvalue weighted by Gasteiger charge is 2.36. The van der Waals surface area contributed by atoms with E-state index in [1.807, 2.05) is 30.3 Å². The van der Waals surface area contributed by atoms with Crippen LogP contribution < -0.4 is 0 Å². The van der Waals surface area contributed by atoms with Gasteiger partial charge in [0.05, 0.1) is 6.54 Å². The van der Waals surface area contributed by atoms with E-state index in [0.29, 0.717) is 0 Å². The summed E-state index contributed by atoms with van der Waals surface area (Å²) in [5, 5.41) is 0. The van der Waals surface area contributed by atoms with Crippen molar-refractivity contribution < 1.29 is 23.5 Å². The van der Waals surface area contributed by atoms with Gasteiger partial charge in [-0.1, -0.05) is 30.3 Å². The van der Waals surface area contributed by atoms with Crippen molar-refractivity contribution in [2.45, 2.75) is 45.6 Å². The zero-order chi connectivity index (χ0) is 19.2. The maximum Gasteiger partial charge on any atom is 0.433 e. The molecule has 1 aromatic carbocycles. The molecule has 2 rings (SSSR count). The number of aliphatic imine (C=N–C) groups is 1. The minimum atomic E-state index is -1.17. The number of halogens is 1. The number of nitrogens with zero attached hydrogens (tertiary/aromatic N) is 2. The third-order valence-corrected chi connectivity index (χ3v) is 3.82. The van der Waals surface area contributed by atoms with Gasteiger partial charge in [0.15, 0.2) is 0 Å². The first-order valence-electron chi connectivity index (χ1n) is 8.60. The van der Waals surface area contributed by atoms with Crippen molar-refractivity contribution in [1.29, 1.82) is 0 Å². The van der Waals surface area contributed by atoms with E-state index in [1.165, 1.54) is 11.1 Å². The van der Waals surface area contributed by atoms with Crippen molar-refractivity contribution in [3.63, 3.8) is 0 Å². The molecular formula is C19H25FN2O4. The molecule has 1 aromatic rings. The van der Waals surface area contributed by atoms with Crippen LogP contribution in [0.1, 0.15) is 32.8 Å². The van der Waals surface area contributed by atoms with Crippen LogP contribution in [-0.4, -0.2) is 48.2 Å². The highest BCUT2D eigenvalue weighted by atomic mass is 19.1. The van der Waals surface area contributed by atoms with Gasteiger partial charge in [0, 0.05) is 18.7 Å². The number of rotatable bonds is 4. The number of amides is 2. The Morgan fingerprint density at radius 3 is 2.62 bits per heavy atom. The lowest BCUT2D eigenvalue weighted by molar-refractivity contribution is 0.0281. The van der Waals surface area contributed by atoms with Gasteiger partial charge in [-0.25, -0.2) is 14.0 Å². The molecule has 1 heterocycles. The van der Waals surface area contributed by atoms with Gasteiger partial charge >= 0.3 is 12.2 Å². The lowest BCUT2D eigenvalue weighted by Gasteiger charge is -2.24. The largest absolute Gasteiger partial charge is 0.444 e. The molecule has 142 valence electrons. The number of carbonyl (C=O) groups is 2. The first-order valence-corrected chi connectivity index (χ1v) is 8.60. The van der Waals surface area contributed by atoms with Crippen LogP contribution in [0.3, 0.4) is 0 Å². The minimum Gasteiger partial charge on any atom is -0.444 e. The van der Waals surface area contributed by atoms with Gasteiger partial charge < -0.3 is 14.4 Å². The molecule has 1 aliphatic heterocycles. The molecule has 1 aliphatic rings. The van der Waals surface area contributed by atoms with Gasteiger partial charge in [-0.2, -0.15) is 4.99 Å². The van der Waals surface area contributed by atoms with E-state index < -0.39 is 29.9 Å². The van der Waals surface area contributed by atoms with Gasteiger partial charge in [0.2, 0.25) is 0 Å². The molecule has 1 fully saturated rings. The second kappa shape index (κ2) is 8.78. The van der Waals surface area contributed by atoms with Gasteiger partial charge in [-0.15, -0.1) is 0 Å². The summed E-state index contributed by atoms with van der Waals surface area (Å²) in [6.45, 7) is 5.66. The second-order valence-corrected chi connectivity index (χ2v) is 7.25. The van der Waals surface area contributed by atoms with Crippen molar-refractivity contribution in [2.24, 2.45) is 10.9 Å². The average Bonchev–Trinajstić information content (AvgIpc) is 2.94. The lowest BCUT2D eigenvalue weighted by atomic mass is 10.0. The van der Waals surface area contributed by atoms with Crippen molar-refractivity contribution in [3.05, 3.63) is 35.9 Å². The van der Waals surface area contributed by atoms with Crippen molar-refractivity contribution in [1.82, 2.24) is 4.90 Å². The fourth-order valence-electron chi connectivity index (χ4n) is 2.55. The Hall–Kier alpha value is -2.44. The van der Waals surface area contributed by atoms with Crippen LogP contribution in [0.4, 0.5) is 14.0 Å². The topological polar surface area (TPSA) is 68.2 Å². The number of carbonyl (C=O) groups excluding carboxylic acids is 2. The first-order chi connectivity index (χ1) is 12.2. The summed E-state index contributed by atoms with van der Waals surface area (Å²) < 4.78 is 24.4. The molecule has 0 radical (unpaired) electrons. The van der Waals surface area contributed by atoms with Crippen LogP contribution in [0.5, 0.6) is 0 Å². The van der Waals surface area contributed by atoms with Crippen LogP contribution in [0, 0.1) is 5.92 Å². The summed E-state index contributed by atoms with van der Waals surface area (Å²) in [5.74, 6) is -0.409. The predicted molar refractivity (Wildman–Crippen MR) is 95.9 cm³/mol. The maximum atomic E-state index is 14.1. The molecule has 0 saturated carbocycles. The van der Waals surface area contributed by atoms with Gasteiger partial charge in [-0.05, 0) is 32.8 Å². The third kappa shape index (κ3) is 6.46. The van der Waals surface area contributed by atoms with Gasteiger partial charge in [0.1, 0.15) is 18.4 Å². The van der Waals surface area contributed by atoms with Gasteiger partial charge in [-0.3, -0.25) is 0 Å². The van der Waals surface area contributed by atoms with Crippen LogP contribution in [0.2, 0.25) is 0 Å². The summed E-state index contributed by atoms with van der Waals surface area (Å²) in [7, 11) is 0. The number of hydrogen-bond acceptors (Lipinski definition) is 4. The van der Waals surface area contributed by atoms with E-state index in [2.05, 4.69) is 4.99 Å². The number of alkyl halides is 1. The molecule has 2 unspecified atom stereocenters.